The van der Waals surface area contributed by atoms with Crippen LogP contribution in [-0.4, -0.2) is 48.4 Å². The van der Waals surface area contributed by atoms with Gasteiger partial charge in [-0.25, -0.2) is 4.79 Å². The fourth-order valence-corrected chi connectivity index (χ4v) is 1.96. The van der Waals surface area contributed by atoms with Crippen LogP contribution in [-0.2, 0) is 10.1 Å². The molecule has 8 heteroatoms. The Morgan fingerprint density at radius 2 is 2.00 bits per heavy atom. The Hall–Kier alpha value is -0.860. The van der Waals surface area contributed by atoms with Crippen molar-refractivity contribution in [2.24, 2.45) is 0 Å². The third-order valence-corrected chi connectivity index (χ3v) is 2.92. The van der Waals surface area contributed by atoms with Gasteiger partial charge >= 0.3 is 35.2 Å². The van der Waals surface area contributed by atoms with Crippen LogP contribution in [0.2, 0.25) is 0 Å². The minimum atomic E-state index is -4.10. The molecule has 1 heterocycles. The van der Waals surface area contributed by atoms with Gasteiger partial charge in [-0.1, -0.05) is 0 Å². The van der Waals surface area contributed by atoms with E-state index in [0.717, 1.165) is 10.9 Å². The van der Waals surface area contributed by atoms with Crippen LogP contribution in [0.4, 0.5) is 5.69 Å². The van der Waals surface area contributed by atoms with Gasteiger partial charge in [-0.05, 0) is 24.6 Å². The molecular formula is C11H12NNaO5S. The molecule has 19 heavy (non-hydrogen) atoms. The van der Waals surface area contributed by atoms with Gasteiger partial charge in [-0.15, -0.1) is 0 Å². The molecular weight excluding hydrogens is 281 g/mol. The molecule has 1 aromatic carbocycles. The van der Waals surface area contributed by atoms with Crippen molar-refractivity contribution in [3.05, 3.63) is 40.2 Å². The first kappa shape index (κ1) is 16.2. The second-order valence-corrected chi connectivity index (χ2v) is 5.31. The molecule has 0 atom stereocenters. The van der Waals surface area contributed by atoms with Gasteiger partial charge in [0.05, 0.1) is 0 Å². The van der Waals surface area contributed by atoms with Gasteiger partial charge < -0.3 is 9.73 Å². The number of benzene rings is 1. The third kappa shape index (κ3) is 4.32. The van der Waals surface area contributed by atoms with Crippen LogP contribution < -0.4 is 10.9 Å². The molecule has 0 fully saturated rings. The van der Waals surface area contributed by atoms with Crippen LogP contribution in [0.3, 0.4) is 0 Å². The zero-order valence-corrected chi connectivity index (χ0v) is 10.3. The van der Waals surface area contributed by atoms with E-state index in [1.165, 1.54) is 12.1 Å². The molecule has 0 radical (unpaired) electrons. The van der Waals surface area contributed by atoms with Crippen molar-refractivity contribution in [1.29, 1.82) is 0 Å². The molecule has 98 valence electrons. The summed E-state index contributed by atoms with van der Waals surface area (Å²) in [6, 6.07) is 6.24. The predicted molar refractivity (Wildman–Crippen MR) is 74.4 cm³/mol. The summed E-state index contributed by atoms with van der Waals surface area (Å²) in [5.41, 5.74) is 1.11. The molecule has 0 saturated heterocycles. The van der Waals surface area contributed by atoms with Gasteiger partial charge in [0.25, 0.3) is 10.1 Å². The van der Waals surface area contributed by atoms with Gasteiger partial charge in [0, 0.05) is 23.2 Å². The van der Waals surface area contributed by atoms with E-state index in [0.29, 0.717) is 11.3 Å². The second-order valence-electron chi connectivity index (χ2n) is 3.86. The molecule has 6 nitrogen and oxygen atoms in total. The quantitative estimate of drug-likeness (QED) is 0.491. The molecule has 0 amide bonds. The first-order valence-electron chi connectivity index (χ1n) is 5.09. The van der Waals surface area contributed by atoms with Crippen molar-refractivity contribution < 1.29 is 17.4 Å². The Morgan fingerprint density at radius 1 is 1.32 bits per heavy atom. The van der Waals surface area contributed by atoms with Gasteiger partial charge in [0.2, 0.25) is 0 Å². The van der Waals surface area contributed by atoms with E-state index in [1.54, 1.807) is 19.1 Å². The fourth-order valence-electron chi connectivity index (χ4n) is 1.61. The SMILES string of the molecule is Cc1cc(=O)oc2cc(NCS(=O)(=O)O)ccc12.[NaH]. The van der Waals surface area contributed by atoms with Gasteiger partial charge in [-0.2, -0.15) is 8.42 Å². The molecule has 2 N–H and O–H groups in total. The Bertz CT molecular complexity index is 753. The van der Waals surface area contributed by atoms with E-state index >= 15 is 0 Å². The number of rotatable bonds is 3. The maximum atomic E-state index is 11.2. The topological polar surface area (TPSA) is 96.6 Å². The molecule has 2 aromatic rings. The maximum absolute atomic E-state index is 11.2. The van der Waals surface area contributed by atoms with Crippen molar-refractivity contribution in [3.63, 3.8) is 0 Å². The van der Waals surface area contributed by atoms with Crippen LogP contribution in [0.15, 0.2) is 33.5 Å². The van der Waals surface area contributed by atoms with Crippen molar-refractivity contribution in [2.75, 3.05) is 11.2 Å². The molecule has 0 aliphatic rings. The average Bonchev–Trinajstić information content (AvgIpc) is 2.24. The average molecular weight is 293 g/mol. The number of fused-ring (bicyclic) bond motifs is 1. The summed E-state index contributed by atoms with van der Waals surface area (Å²) in [7, 11) is -4.10. The van der Waals surface area contributed by atoms with Gasteiger partial charge in [0.15, 0.2) is 0 Å². The van der Waals surface area contributed by atoms with Gasteiger partial charge in [-0.3, -0.25) is 4.55 Å². The summed E-state index contributed by atoms with van der Waals surface area (Å²) >= 11 is 0. The second kappa shape index (κ2) is 6.06. The first-order chi connectivity index (χ1) is 8.35. The summed E-state index contributed by atoms with van der Waals surface area (Å²) in [5.74, 6) is -0.603. The summed E-state index contributed by atoms with van der Waals surface area (Å²) in [5, 5.41) is 3.29. The zero-order chi connectivity index (χ0) is 13.3. The minimum absolute atomic E-state index is 0. The standard InChI is InChI=1S/C11H11NO5S.Na.H/c1-7-4-11(13)17-10-5-8(2-3-9(7)10)12-6-18(14,15)16;;/h2-5,12H,6H2,1H3,(H,14,15,16);;. The molecule has 0 spiro atoms. The van der Waals surface area contributed by atoms with E-state index in [1.807, 2.05) is 0 Å². The monoisotopic (exact) mass is 293 g/mol. The Kier molecular flexibility index (Phi) is 5.17. The summed E-state index contributed by atoms with van der Waals surface area (Å²) in [4.78, 5) is 11.2. The van der Waals surface area contributed by atoms with Crippen molar-refractivity contribution in [2.45, 2.75) is 6.92 Å². The predicted octanol–water partition coefficient (Wildman–Crippen LogP) is 0.710. The van der Waals surface area contributed by atoms with Gasteiger partial charge in [0.1, 0.15) is 11.5 Å². The molecule has 0 aliphatic carbocycles. The zero-order valence-electron chi connectivity index (χ0n) is 9.50. The van der Waals surface area contributed by atoms with E-state index in [9.17, 15) is 13.2 Å². The van der Waals surface area contributed by atoms with Crippen molar-refractivity contribution in [1.82, 2.24) is 0 Å². The number of anilines is 1. The fraction of sp³-hybridized carbons (Fsp3) is 0.182. The summed E-state index contributed by atoms with van der Waals surface area (Å²) < 4.78 is 34.8. The number of hydrogen-bond donors (Lipinski definition) is 2. The molecule has 0 bridgehead atoms. The Morgan fingerprint density at radius 3 is 2.63 bits per heavy atom. The van der Waals surface area contributed by atoms with Crippen LogP contribution in [0.5, 0.6) is 0 Å². The summed E-state index contributed by atoms with van der Waals surface area (Å²) in [6.07, 6.45) is 0. The third-order valence-electron chi connectivity index (χ3n) is 2.41. The van der Waals surface area contributed by atoms with E-state index in [2.05, 4.69) is 5.32 Å². The van der Waals surface area contributed by atoms with Crippen LogP contribution in [0.25, 0.3) is 11.0 Å². The van der Waals surface area contributed by atoms with Crippen LogP contribution >= 0.6 is 0 Å². The van der Waals surface area contributed by atoms with Crippen LogP contribution in [0.1, 0.15) is 5.56 Å². The van der Waals surface area contributed by atoms with E-state index < -0.39 is 21.6 Å². The molecule has 0 aliphatic heterocycles. The van der Waals surface area contributed by atoms with Crippen molar-refractivity contribution >= 4 is 56.3 Å². The summed E-state index contributed by atoms with van der Waals surface area (Å²) in [6.45, 7) is 1.78. The number of hydrogen-bond acceptors (Lipinski definition) is 5. The normalized spacial score (nSPS) is 11.1. The van der Waals surface area contributed by atoms with E-state index in [4.69, 9.17) is 8.97 Å². The number of nitrogens with one attached hydrogen (secondary N) is 1. The Balaban J connectivity index is 0.00000180. The van der Waals surface area contributed by atoms with Crippen molar-refractivity contribution in [3.8, 4) is 0 Å². The molecule has 1 aromatic heterocycles. The first-order valence-corrected chi connectivity index (χ1v) is 6.70. The molecule has 2 rings (SSSR count). The Labute approximate surface area is 131 Å². The van der Waals surface area contributed by atoms with Crippen LogP contribution in [0, 0.1) is 6.92 Å². The molecule has 0 saturated carbocycles. The number of aryl methyl sites for hydroxylation is 1. The molecule has 0 unspecified atom stereocenters. The van der Waals surface area contributed by atoms with E-state index in [-0.39, 0.29) is 29.6 Å².